The number of carbonyl (C=O) groups excluding carboxylic acids is 1. The van der Waals surface area contributed by atoms with E-state index in [1.807, 2.05) is 6.07 Å². The third-order valence-corrected chi connectivity index (χ3v) is 4.30. The first-order valence-electron chi connectivity index (χ1n) is 8.02. The second-order valence-corrected chi connectivity index (χ2v) is 6.50. The van der Waals surface area contributed by atoms with Gasteiger partial charge in [-0.05, 0) is 43.0 Å². The molecule has 1 aromatic rings. The minimum absolute atomic E-state index is 0.0734. The van der Waals surface area contributed by atoms with Gasteiger partial charge in [0, 0.05) is 10.5 Å². The molecule has 2 rings (SSSR count). The standard InChI is InChI=1S/C18H21BrN2O3/c1-3-4-7-24-17-10-15(19)12(9-16(17)23-2)8-13(11-20)18(22)21-14-5-6-14/h8-10,14H,3-7H2,1-2H3,(H,21,22)/b13-8+. The summed E-state index contributed by atoms with van der Waals surface area (Å²) in [6.07, 6.45) is 5.52. The van der Waals surface area contributed by atoms with E-state index < -0.39 is 0 Å². The number of unbranched alkanes of at least 4 members (excludes halogenated alkanes) is 1. The van der Waals surface area contributed by atoms with Gasteiger partial charge in [-0.15, -0.1) is 0 Å². The largest absolute Gasteiger partial charge is 0.493 e. The number of ether oxygens (including phenoxy) is 2. The van der Waals surface area contributed by atoms with E-state index in [4.69, 9.17) is 9.47 Å². The minimum atomic E-state index is -0.339. The molecule has 0 heterocycles. The van der Waals surface area contributed by atoms with Crippen molar-refractivity contribution < 1.29 is 14.3 Å². The van der Waals surface area contributed by atoms with Gasteiger partial charge in [0.05, 0.1) is 13.7 Å². The normalized spacial score (nSPS) is 14.0. The first-order valence-corrected chi connectivity index (χ1v) is 8.81. The van der Waals surface area contributed by atoms with Crippen molar-refractivity contribution in [1.82, 2.24) is 5.32 Å². The van der Waals surface area contributed by atoms with Crippen LogP contribution >= 0.6 is 15.9 Å². The first kappa shape index (κ1) is 18.3. The lowest BCUT2D eigenvalue weighted by Crippen LogP contribution is -2.26. The molecule has 5 nitrogen and oxygen atoms in total. The van der Waals surface area contributed by atoms with E-state index in [-0.39, 0.29) is 17.5 Å². The van der Waals surface area contributed by atoms with Crippen molar-refractivity contribution in [3.63, 3.8) is 0 Å². The van der Waals surface area contributed by atoms with Crippen LogP contribution in [0, 0.1) is 11.3 Å². The fourth-order valence-electron chi connectivity index (χ4n) is 2.06. The molecule has 0 aliphatic heterocycles. The third kappa shape index (κ3) is 5.00. The van der Waals surface area contributed by atoms with Gasteiger partial charge >= 0.3 is 0 Å². The summed E-state index contributed by atoms with van der Waals surface area (Å²) in [5.41, 5.74) is 0.765. The minimum Gasteiger partial charge on any atom is -0.493 e. The summed E-state index contributed by atoms with van der Waals surface area (Å²) in [7, 11) is 1.56. The average Bonchev–Trinajstić information content (AvgIpc) is 3.38. The van der Waals surface area contributed by atoms with Crippen LogP contribution in [0.15, 0.2) is 22.2 Å². The Bertz CT molecular complexity index is 676. The van der Waals surface area contributed by atoms with E-state index in [1.54, 1.807) is 25.3 Å². The molecule has 1 aliphatic rings. The summed E-state index contributed by atoms with van der Waals surface area (Å²) in [6, 6.07) is 5.73. The molecule has 1 fully saturated rings. The molecule has 0 aromatic heterocycles. The fourth-order valence-corrected chi connectivity index (χ4v) is 2.49. The Hall–Kier alpha value is -2.00. The summed E-state index contributed by atoms with van der Waals surface area (Å²) in [6.45, 7) is 2.71. The SMILES string of the molecule is CCCCOc1cc(Br)c(/C=C(\C#N)C(=O)NC2CC2)cc1OC. The zero-order valence-corrected chi connectivity index (χ0v) is 15.5. The third-order valence-electron chi connectivity index (χ3n) is 3.62. The number of nitrogens with one attached hydrogen (secondary N) is 1. The Morgan fingerprint density at radius 3 is 2.79 bits per heavy atom. The molecule has 1 saturated carbocycles. The maximum atomic E-state index is 12.1. The average molecular weight is 393 g/mol. The Morgan fingerprint density at radius 1 is 1.46 bits per heavy atom. The Labute approximate surface area is 150 Å². The lowest BCUT2D eigenvalue weighted by molar-refractivity contribution is -0.117. The number of amides is 1. The topological polar surface area (TPSA) is 71.3 Å². The van der Waals surface area contributed by atoms with Gasteiger partial charge in [0.1, 0.15) is 11.6 Å². The molecule has 1 aliphatic carbocycles. The molecule has 24 heavy (non-hydrogen) atoms. The Kier molecular flexibility index (Phi) is 6.68. The highest BCUT2D eigenvalue weighted by molar-refractivity contribution is 9.10. The summed E-state index contributed by atoms with van der Waals surface area (Å²) >= 11 is 3.47. The quantitative estimate of drug-likeness (QED) is 0.414. The van der Waals surface area contributed by atoms with Crippen molar-refractivity contribution >= 4 is 27.9 Å². The zero-order valence-electron chi connectivity index (χ0n) is 13.9. The number of nitrogens with zero attached hydrogens (tertiary/aromatic N) is 1. The summed E-state index contributed by atoms with van der Waals surface area (Å²) in [5.74, 6) is 0.866. The second kappa shape index (κ2) is 8.74. The monoisotopic (exact) mass is 392 g/mol. The first-order chi connectivity index (χ1) is 11.6. The van der Waals surface area contributed by atoms with Gasteiger partial charge in [0.2, 0.25) is 0 Å². The summed E-state index contributed by atoms with van der Waals surface area (Å²) in [4.78, 5) is 12.1. The molecule has 0 bridgehead atoms. The Balaban J connectivity index is 2.23. The molecule has 1 amide bonds. The van der Waals surface area contributed by atoms with E-state index in [9.17, 15) is 10.1 Å². The van der Waals surface area contributed by atoms with Crippen molar-refractivity contribution in [3.05, 3.63) is 27.7 Å². The smallest absolute Gasteiger partial charge is 0.262 e. The van der Waals surface area contributed by atoms with Crippen LogP contribution in [0.4, 0.5) is 0 Å². The predicted molar refractivity (Wildman–Crippen MR) is 95.9 cm³/mol. The van der Waals surface area contributed by atoms with Crippen molar-refractivity contribution in [2.24, 2.45) is 0 Å². The number of methoxy groups -OCH3 is 1. The number of nitriles is 1. The van der Waals surface area contributed by atoms with Gasteiger partial charge in [-0.2, -0.15) is 5.26 Å². The van der Waals surface area contributed by atoms with Gasteiger partial charge in [-0.25, -0.2) is 0 Å². The number of hydrogen-bond acceptors (Lipinski definition) is 4. The lowest BCUT2D eigenvalue weighted by Gasteiger charge is -2.12. The van der Waals surface area contributed by atoms with Crippen LogP contribution in [0.2, 0.25) is 0 Å². The van der Waals surface area contributed by atoms with E-state index in [0.717, 1.165) is 30.2 Å². The van der Waals surface area contributed by atoms with Crippen LogP contribution < -0.4 is 14.8 Å². The molecule has 6 heteroatoms. The molecule has 1 aromatic carbocycles. The molecular formula is C18H21BrN2O3. The van der Waals surface area contributed by atoms with Gasteiger partial charge in [0.15, 0.2) is 11.5 Å². The van der Waals surface area contributed by atoms with Crippen molar-refractivity contribution in [1.29, 1.82) is 5.26 Å². The molecule has 128 valence electrons. The van der Waals surface area contributed by atoms with Gasteiger partial charge in [-0.3, -0.25) is 4.79 Å². The molecule has 1 N–H and O–H groups in total. The van der Waals surface area contributed by atoms with Gasteiger partial charge < -0.3 is 14.8 Å². The van der Waals surface area contributed by atoms with E-state index >= 15 is 0 Å². The van der Waals surface area contributed by atoms with Crippen LogP contribution in [-0.2, 0) is 4.79 Å². The highest BCUT2D eigenvalue weighted by atomic mass is 79.9. The van der Waals surface area contributed by atoms with Crippen molar-refractivity contribution in [2.75, 3.05) is 13.7 Å². The van der Waals surface area contributed by atoms with Gasteiger partial charge in [-0.1, -0.05) is 29.3 Å². The fraction of sp³-hybridized carbons (Fsp3) is 0.444. The van der Waals surface area contributed by atoms with E-state index in [0.29, 0.717) is 23.7 Å². The number of benzene rings is 1. The van der Waals surface area contributed by atoms with Crippen LogP contribution in [0.1, 0.15) is 38.2 Å². The zero-order chi connectivity index (χ0) is 17.5. The maximum absolute atomic E-state index is 12.1. The van der Waals surface area contributed by atoms with Gasteiger partial charge in [0.25, 0.3) is 5.91 Å². The van der Waals surface area contributed by atoms with E-state index in [1.165, 1.54) is 0 Å². The number of hydrogen-bond donors (Lipinski definition) is 1. The molecular weight excluding hydrogens is 372 g/mol. The molecule has 0 spiro atoms. The molecule has 0 radical (unpaired) electrons. The molecule has 0 unspecified atom stereocenters. The maximum Gasteiger partial charge on any atom is 0.262 e. The second-order valence-electron chi connectivity index (χ2n) is 5.64. The highest BCUT2D eigenvalue weighted by Crippen LogP contribution is 2.35. The van der Waals surface area contributed by atoms with Crippen molar-refractivity contribution in [3.8, 4) is 17.6 Å². The van der Waals surface area contributed by atoms with Crippen LogP contribution in [-0.4, -0.2) is 25.7 Å². The number of carbonyl (C=O) groups is 1. The van der Waals surface area contributed by atoms with Crippen LogP contribution in [0.25, 0.3) is 6.08 Å². The molecule has 0 atom stereocenters. The van der Waals surface area contributed by atoms with Crippen molar-refractivity contribution in [2.45, 2.75) is 38.6 Å². The Morgan fingerprint density at radius 2 is 2.21 bits per heavy atom. The summed E-state index contributed by atoms with van der Waals surface area (Å²) in [5, 5.41) is 12.1. The lowest BCUT2D eigenvalue weighted by atomic mass is 10.1. The molecule has 0 saturated heterocycles. The number of halogens is 1. The highest BCUT2D eigenvalue weighted by Gasteiger charge is 2.25. The van der Waals surface area contributed by atoms with Crippen LogP contribution in [0.5, 0.6) is 11.5 Å². The predicted octanol–water partition coefficient (Wildman–Crippen LogP) is 3.82. The number of rotatable bonds is 8. The van der Waals surface area contributed by atoms with Crippen LogP contribution in [0.3, 0.4) is 0 Å². The summed E-state index contributed by atoms with van der Waals surface area (Å²) < 4.78 is 11.8. The van der Waals surface area contributed by atoms with E-state index in [2.05, 4.69) is 28.2 Å².